The summed E-state index contributed by atoms with van der Waals surface area (Å²) in [5.41, 5.74) is 0. The summed E-state index contributed by atoms with van der Waals surface area (Å²) in [7, 11) is 0. The number of hydrogen-bond donors (Lipinski definition) is 1. The van der Waals surface area contributed by atoms with Gasteiger partial charge in [0.25, 0.3) is 0 Å². The van der Waals surface area contributed by atoms with E-state index >= 15 is 0 Å². The molecule has 1 aliphatic heterocycles. The van der Waals surface area contributed by atoms with E-state index < -0.39 is 6.10 Å². The summed E-state index contributed by atoms with van der Waals surface area (Å²) in [5, 5.41) is 8.83. The van der Waals surface area contributed by atoms with Crippen LogP contribution in [0.3, 0.4) is 0 Å². The zero-order valence-electron chi connectivity index (χ0n) is 6.94. The molecule has 0 bridgehead atoms. The van der Waals surface area contributed by atoms with Crippen LogP contribution in [0, 0.1) is 0 Å². The Morgan fingerprint density at radius 2 is 2.50 bits per heavy atom. The fourth-order valence-corrected chi connectivity index (χ4v) is 0.842. The van der Waals surface area contributed by atoms with Gasteiger partial charge in [0.05, 0.1) is 13.2 Å². The van der Waals surface area contributed by atoms with E-state index in [4.69, 9.17) is 14.6 Å². The van der Waals surface area contributed by atoms with Gasteiger partial charge in [0.2, 0.25) is 0 Å². The Labute approximate surface area is 71.5 Å². The van der Waals surface area contributed by atoms with Crippen molar-refractivity contribution in [2.45, 2.75) is 25.0 Å². The van der Waals surface area contributed by atoms with E-state index in [1.807, 2.05) is 0 Å². The Morgan fingerprint density at radius 1 is 1.75 bits per heavy atom. The first-order chi connectivity index (χ1) is 5.83. The van der Waals surface area contributed by atoms with Crippen molar-refractivity contribution in [1.29, 1.82) is 0 Å². The van der Waals surface area contributed by atoms with Crippen LogP contribution in [0.5, 0.6) is 0 Å². The van der Waals surface area contributed by atoms with Crippen molar-refractivity contribution >= 4 is 6.29 Å². The Morgan fingerprint density at radius 3 is 3.08 bits per heavy atom. The molecule has 1 saturated heterocycles. The summed E-state index contributed by atoms with van der Waals surface area (Å²) < 4.78 is 10.1. The number of carbonyl (C=O) groups is 1. The third-order valence-corrected chi connectivity index (χ3v) is 1.65. The Bertz CT molecular complexity index is 133. The molecule has 1 N–H and O–H groups in total. The Hall–Kier alpha value is -0.450. The van der Waals surface area contributed by atoms with Crippen molar-refractivity contribution in [2.24, 2.45) is 0 Å². The summed E-state index contributed by atoms with van der Waals surface area (Å²) in [6.45, 7) is 2.03. The second-order valence-electron chi connectivity index (χ2n) is 2.88. The predicted molar refractivity (Wildman–Crippen MR) is 41.9 cm³/mol. The maximum absolute atomic E-state index is 9.98. The maximum Gasteiger partial charge on any atom is 0.148 e. The minimum atomic E-state index is -0.828. The van der Waals surface area contributed by atoms with Gasteiger partial charge in [-0.1, -0.05) is 0 Å². The van der Waals surface area contributed by atoms with Crippen molar-refractivity contribution in [1.82, 2.24) is 0 Å². The van der Waals surface area contributed by atoms with Gasteiger partial charge >= 0.3 is 0 Å². The van der Waals surface area contributed by atoms with E-state index in [9.17, 15) is 4.79 Å². The van der Waals surface area contributed by atoms with Gasteiger partial charge in [-0.2, -0.15) is 0 Å². The molecule has 1 rings (SSSR count). The normalized spacial score (nSPS) is 23.6. The number of ether oxygens (including phenoxy) is 2. The van der Waals surface area contributed by atoms with Gasteiger partial charge in [-0.15, -0.1) is 0 Å². The molecule has 1 heterocycles. The van der Waals surface area contributed by atoms with Crippen LogP contribution in [0.2, 0.25) is 0 Å². The number of carbonyl (C=O) groups excluding carboxylic acids is 1. The van der Waals surface area contributed by atoms with Crippen LogP contribution in [0.25, 0.3) is 0 Å². The number of aliphatic hydroxyl groups excluding tert-OH is 1. The molecule has 1 aliphatic rings. The molecule has 2 atom stereocenters. The standard InChI is InChI=1S/C8H14O4/c9-4-7(10)2-1-3-11-5-8-6-12-8/h4,7-8,10H,1-3,5-6H2. The lowest BCUT2D eigenvalue weighted by molar-refractivity contribution is -0.115. The van der Waals surface area contributed by atoms with Crippen molar-refractivity contribution in [3.63, 3.8) is 0 Å². The molecule has 4 heteroatoms. The zero-order valence-corrected chi connectivity index (χ0v) is 6.94. The molecule has 4 nitrogen and oxygen atoms in total. The molecular formula is C8H14O4. The molecule has 0 aromatic carbocycles. The molecule has 0 spiro atoms. The van der Waals surface area contributed by atoms with Crippen LogP contribution >= 0.6 is 0 Å². The molecular weight excluding hydrogens is 160 g/mol. The van der Waals surface area contributed by atoms with Crippen molar-refractivity contribution < 1.29 is 19.4 Å². The highest BCUT2D eigenvalue weighted by atomic mass is 16.6. The molecule has 12 heavy (non-hydrogen) atoms. The number of aliphatic hydroxyl groups is 1. The number of rotatable bonds is 7. The van der Waals surface area contributed by atoms with Crippen molar-refractivity contribution in [3.8, 4) is 0 Å². The van der Waals surface area contributed by atoms with E-state index in [-0.39, 0.29) is 0 Å². The molecule has 0 aromatic heterocycles. The first kappa shape index (κ1) is 9.64. The Balaban J connectivity index is 1.78. The van der Waals surface area contributed by atoms with Crippen molar-refractivity contribution in [2.75, 3.05) is 19.8 Å². The quantitative estimate of drug-likeness (QED) is 0.328. The van der Waals surface area contributed by atoms with Crippen LogP contribution in [0.15, 0.2) is 0 Å². The molecule has 0 saturated carbocycles. The molecule has 1 fully saturated rings. The minimum absolute atomic E-state index is 0.293. The van der Waals surface area contributed by atoms with Gasteiger partial charge in [0, 0.05) is 6.61 Å². The van der Waals surface area contributed by atoms with E-state index in [0.29, 0.717) is 38.4 Å². The van der Waals surface area contributed by atoms with Gasteiger partial charge in [-0.3, -0.25) is 0 Å². The molecule has 0 radical (unpaired) electrons. The topological polar surface area (TPSA) is 59.1 Å². The third-order valence-electron chi connectivity index (χ3n) is 1.65. The van der Waals surface area contributed by atoms with Gasteiger partial charge in [0.15, 0.2) is 0 Å². The van der Waals surface area contributed by atoms with E-state index in [0.717, 1.165) is 6.61 Å². The molecule has 0 aliphatic carbocycles. The molecule has 0 amide bonds. The monoisotopic (exact) mass is 174 g/mol. The molecule has 0 aromatic rings. The second-order valence-corrected chi connectivity index (χ2v) is 2.88. The van der Waals surface area contributed by atoms with Crippen molar-refractivity contribution in [3.05, 3.63) is 0 Å². The lowest BCUT2D eigenvalue weighted by atomic mass is 10.2. The minimum Gasteiger partial charge on any atom is -0.386 e. The highest BCUT2D eigenvalue weighted by molar-refractivity contribution is 5.55. The van der Waals surface area contributed by atoms with Crippen LogP contribution in [0.4, 0.5) is 0 Å². The maximum atomic E-state index is 9.98. The summed E-state index contributed by atoms with van der Waals surface area (Å²) >= 11 is 0. The van der Waals surface area contributed by atoms with Gasteiger partial charge < -0.3 is 19.4 Å². The van der Waals surface area contributed by atoms with Crippen LogP contribution in [0.1, 0.15) is 12.8 Å². The zero-order chi connectivity index (χ0) is 8.81. The van der Waals surface area contributed by atoms with Gasteiger partial charge in [-0.05, 0) is 12.8 Å². The van der Waals surface area contributed by atoms with Crippen LogP contribution < -0.4 is 0 Å². The smallest absolute Gasteiger partial charge is 0.148 e. The van der Waals surface area contributed by atoms with Gasteiger partial charge in [0.1, 0.15) is 18.5 Å². The summed E-state index contributed by atoms with van der Waals surface area (Å²) in [4.78, 5) is 9.98. The number of epoxide rings is 1. The fourth-order valence-electron chi connectivity index (χ4n) is 0.842. The molecule has 70 valence electrons. The number of hydrogen-bond acceptors (Lipinski definition) is 4. The summed E-state index contributed by atoms with van der Waals surface area (Å²) in [6.07, 6.45) is 1.21. The largest absolute Gasteiger partial charge is 0.386 e. The SMILES string of the molecule is O=CC(O)CCCOCC1CO1. The first-order valence-electron chi connectivity index (χ1n) is 4.15. The van der Waals surface area contributed by atoms with Gasteiger partial charge in [-0.25, -0.2) is 0 Å². The predicted octanol–water partition coefficient (Wildman–Crippen LogP) is -0.258. The lowest BCUT2D eigenvalue weighted by Crippen LogP contribution is -2.10. The van der Waals surface area contributed by atoms with E-state index in [2.05, 4.69) is 0 Å². The third kappa shape index (κ3) is 4.43. The van der Waals surface area contributed by atoms with Crippen LogP contribution in [-0.2, 0) is 14.3 Å². The number of aldehydes is 1. The average Bonchev–Trinajstić information content (AvgIpc) is 2.87. The van der Waals surface area contributed by atoms with E-state index in [1.165, 1.54) is 0 Å². The average molecular weight is 174 g/mol. The lowest BCUT2D eigenvalue weighted by Gasteiger charge is -2.02. The highest BCUT2D eigenvalue weighted by Gasteiger charge is 2.21. The highest BCUT2D eigenvalue weighted by Crippen LogP contribution is 2.08. The molecule has 2 unspecified atom stereocenters. The second kappa shape index (κ2) is 5.24. The Kier molecular flexibility index (Phi) is 4.21. The summed E-state index contributed by atoms with van der Waals surface area (Å²) in [5.74, 6) is 0. The van der Waals surface area contributed by atoms with Crippen LogP contribution in [-0.4, -0.2) is 43.4 Å². The first-order valence-corrected chi connectivity index (χ1v) is 4.15. The fraction of sp³-hybridized carbons (Fsp3) is 0.875. The summed E-state index contributed by atoms with van der Waals surface area (Å²) in [6, 6.07) is 0. The van der Waals surface area contributed by atoms with E-state index in [1.54, 1.807) is 0 Å².